The van der Waals surface area contributed by atoms with Crippen molar-refractivity contribution in [2.24, 2.45) is 0 Å². The molecule has 0 atom stereocenters. The first kappa shape index (κ1) is 15.2. The number of carboxylic acid groups (broad SMARTS) is 1. The quantitative estimate of drug-likeness (QED) is 0.889. The molecule has 0 radical (unpaired) electrons. The van der Waals surface area contributed by atoms with Crippen molar-refractivity contribution in [2.75, 3.05) is 5.32 Å². The standard InChI is InChI=1S/C14H17N3O3S/c1-8-6-9(2)17(16-8)5-4-12(18)15-13-11(14(19)20)7-10(3)21-13/h6-7H,4-5H2,1-3H3,(H,15,18)(H,19,20). The summed E-state index contributed by atoms with van der Waals surface area (Å²) < 4.78 is 1.77. The normalized spacial score (nSPS) is 10.6. The molecule has 2 aromatic heterocycles. The molecular weight excluding hydrogens is 290 g/mol. The highest BCUT2D eigenvalue weighted by molar-refractivity contribution is 7.16. The summed E-state index contributed by atoms with van der Waals surface area (Å²) in [7, 11) is 0. The van der Waals surface area contributed by atoms with Crippen molar-refractivity contribution < 1.29 is 14.7 Å². The molecule has 2 aromatic rings. The molecule has 0 aliphatic carbocycles. The number of aryl methyl sites for hydroxylation is 4. The minimum absolute atomic E-state index is 0.136. The van der Waals surface area contributed by atoms with Crippen LogP contribution in [0.3, 0.4) is 0 Å². The van der Waals surface area contributed by atoms with Crippen molar-refractivity contribution in [3.63, 3.8) is 0 Å². The zero-order valence-corrected chi connectivity index (χ0v) is 13.0. The van der Waals surface area contributed by atoms with Crippen LogP contribution in [0, 0.1) is 20.8 Å². The molecule has 7 heteroatoms. The second-order valence-electron chi connectivity index (χ2n) is 4.85. The smallest absolute Gasteiger partial charge is 0.338 e. The van der Waals surface area contributed by atoms with E-state index in [1.807, 2.05) is 26.8 Å². The molecule has 1 amide bonds. The van der Waals surface area contributed by atoms with Crippen LogP contribution in [-0.4, -0.2) is 26.8 Å². The molecule has 21 heavy (non-hydrogen) atoms. The highest BCUT2D eigenvalue weighted by atomic mass is 32.1. The number of aromatic nitrogens is 2. The number of carbonyl (C=O) groups is 2. The number of amides is 1. The van der Waals surface area contributed by atoms with E-state index < -0.39 is 5.97 Å². The molecule has 0 spiro atoms. The Morgan fingerprint density at radius 2 is 2.05 bits per heavy atom. The van der Waals surface area contributed by atoms with E-state index in [0.29, 0.717) is 11.5 Å². The molecule has 2 N–H and O–H groups in total. The van der Waals surface area contributed by atoms with Gasteiger partial charge in [0.15, 0.2) is 0 Å². The monoisotopic (exact) mass is 307 g/mol. The van der Waals surface area contributed by atoms with E-state index in [1.165, 1.54) is 11.3 Å². The molecule has 0 aliphatic heterocycles. The largest absolute Gasteiger partial charge is 0.478 e. The minimum atomic E-state index is -1.03. The van der Waals surface area contributed by atoms with E-state index >= 15 is 0 Å². The average Bonchev–Trinajstić information content (AvgIpc) is 2.89. The number of rotatable bonds is 5. The van der Waals surface area contributed by atoms with E-state index in [0.717, 1.165) is 16.3 Å². The molecule has 6 nitrogen and oxygen atoms in total. The van der Waals surface area contributed by atoms with Crippen LogP contribution >= 0.6 is 11.3 Å². The van der Waals surface area contributed by atoms with Crippen molar-refractivity contribution in [1.29, 1.82) is 0 Å². The number of hydrogen-bond acceptors (Lipinski definition) is 4. The number of thiophene rings is 1. The van der Waals surface area contributed by atoms with E-state index in [4.69, 9.17) is 5.11 Å². The first-order valence-electron chi connectivity index (χ1n) is 6.51. The minimum Gasteiger partial charge on any atom is -0.478 e. The second kappa shape index (κ2) is 6.09. The fourth-order valence-electron chi connectivity index (χ4n) is 2.06. The van der Waals surface area contributed by atoms with Gasteiger partial charge in [0, 0.05) is 23.5 Å². The van der Waals surface area contributed by atoms with Crippen molar-refractivity contribution >= 4 is 28.2 Å². The van der Waals surface area contributed by atoms with Gasteiger partial charge in [0.05, 0.1) is 11.3 Å². The van der Waals surface area contributed by atoms with Crippen LogP contribution in [0.1, 0.15) is 33.0 Å². The summed E-state index contributed by atoms with van der Waals surface area (Å²) >= 11 is 1.26. The number of nitrogens with one attached hydrogen (secondary N) is 1. The lowest BCUT2D eigenvalue weighted by Gasteiger charge is -2.06. The molecular formula is C14H17N3O3S. The topological polar surface area (TPSA) is 84.2 Å². The van der Waals surface area contributed by atoms with Gasteiger partial charge in [0.25, 0.3) is 0 Å². The summed E-state index contributed by atoms with van der Waals surface area (Å²) in [6, 6.07) is 3.51. The molecule has 0 fully saturated rings. The number of anilines is 1. The Morgan fingerprint density at radius 1 is 1.33 bits per heavy atom. The highest BCUT2D eigenvalue weighted by Crippen LogP contribution is 2.27. The molecule has 2 rings (SSSR count). The Bertz CT molecular complexity index is 688. The van der Waals surface area contributed by atoms with Gasteiger partial charge in [0.2, 0.25) is 5.91 Å². The molecule has 0 aromatic carbocycles. The predicted molar refractivity (Wildman–Crippen MR) is 81.0 cm³/mol. The van der Waals surface area contributed by atoms with Crippen LogP contribution in [0.25, 0.3) is 0 Å². The first-order chi connectivity index (χ1) is 9.86. The molecule has 0 unspecified atom stereocenters. The lowest BCUT2D eigenvalue weighted by Crippen LogP contribution is -2.16. The maximum Gasteiger partial charge on any atom is 0.338 e. The summed E-state index contributed by atoms with van der Waals surface area (Å²) in [5.41, 5.74) is 2.05. The van der Waals surface area contributed by atoms with Crippen molar-refractivity contribution in [2.45, 2.75) is 33.7 Å². The second-order valence-corrected chi connectivity index (χ2v) is 6.11. The summed E-state index contributed by atoms with van der Waals surface area (Å²) in [6.45, 7) is 6.11. The van der Waals surface area contributed by atoms with Gasteiger partial charge < -0.3 is 10.4 Å². The third-order valence-corrected chi connectivity index (χ3v) is 3.96. The summed E-state index contributed by atoms with van der Waals surface area (Å²) in [4.78, 5) is 23.9. The van der Waals surface area contributed by atoms with Crippen LogP contribution < -0.4 is 5.32 Å². The Kier molecular flexibility index (Phi) is 4.42. The van der Waals surface area contributed by atoms with Crippen LogP contribution in [0.4, 0.5) is 5.00 Å². The fourth-order valence-corrected chi connectivity index (χ4v) is 2.98. The van der Waals surface area contributed by atoms with Gasteiger partial charge in [-0.3, -0.25) is 9.48 Å². The van der Waals surface area contributed by atoms with Crippen LogP contribution in [-0.2, 0) is 11.3 Å². The van der Waals surface area contributed by atoms with Gasteiger partial charge >= 0.3 is 5.97 Å². The van der Waals surface area contributed by atoms with E-state index in [1.54, 1.807) is 10.7 Å². The third kappa shape index (κ3) is 3.69. The van der Waals surface area contributed by atoms with E-state index in [-0.39, 0.29) is 17.9 Å². The zero-order chi connectivity index (χ0) is 15.6. The Morgan fingerprint density at radius 3 is 2.62 bits per heavy atom. The van der Waals surface area contributed by atoms with Gasteiger partial charge in [-0.05, 0) is 32.9 Å². The van der Waals surface area contributed by atoms with Gasteiger partial charge in [-0.1, -0.05) is 0 Å². The molecule has 0 saturated carbocycles. The van der Waals surface area contributed by atoms with Crippen molar-refractivity contribution in [3.05, 3.63) is 34.0 Å². The fraction of sp³-hybridized carbons (Fsp3) is 0.357. The highest BCUT2D eigenvalue weighted by Gasteiger charge is 2.16. The van der Waals surface area contributed by atoms with Gasteiger partial charge in [0.1, 0.15) is 5.00 Å². The van der Waals surface area contributed by atoms with Gasteiger partial charge in [-0.15, -0.1) is 11.3 Å². The number of carbonyl (C=O) groups excluding carboxylic acids is 1. The number of aromatic carboxylic acids is 1. The lowest BCUT2D eigenvalue weighted by atomic mass is 10.3. The molecule has 0 saturated heterocycles. The van der Waals surface area contributed by atoms with Crippen LogP contribution in [0.5, 0.6) is 0 Å². The SMILES string of the molecule is Cc1cc(C)n(CCC(=O)Nc2sc(C)cc2C(=O)O)n1. The average molecular weight is 307 g/mol. The van der Waals surface area contributed by atoms with Crippen LogP contribution in [0.2, 0.25) is 0 Å². The summed E-state index contributed by atoms with van der Waals surface area (Å²) in [5.74, 6) is -1.25. The van der Waals surface area contributed by atoms with Crippen LogP contribution in [0.15, 0.2) is 12.1 Å². The third-order valence-electron chi connectivity index (χ3n) is 2.99. The summed E-state index contributed by atoms with van der Waals surface area (Å²) in [6.07, 6.45) is 0.248. The van der Waals surface area contributed by atoms with Gasteiger partial charge in [-0.2, -0.15) is 5.10 Å². The van der Waals surface area contributed by atoms with Crippen molar-refractivity contribution in [3.8, 4) is 0 Å². The molecule has 112 valence electrons. The number of hydrogen-bond donors (Lipinski definition) is 2. The first-order valence-corrected chi connectivity index (χ1v) is 7.33. The van der Waals surface area contributed by atoms with E-state index in [9.17, 15) is 9.59 Å². The maximum atomic E-state index is 11.9. The molecule has 0 bridgehead atoms. The number of nitrogens with zero attached hydrogens (tertiary/aromatic N) is 2. The maximum absolute atomic E-state index is 11.9. The molecule has 2 heterocycles. The Labute approximate surface area is 126 Å². The number of carboxylic acids is 1. The summed E-state index contributed by atoms with van der Waals surface area (Å²) in [5, 5.41) is 16.4. The Balaban J connectivity index is 1.99. The lowest BCUT2D eigenvalue weighted by molar-refractivity contribution is -0.116. The van der Waals surface area contributed by atoms with Crippen molar-refractivity contribution in [1.82, 2.24) is 9.78 Å². The van der Waals surface area contributed by atoms with Gasteiger partial charge in [-0.25, -0.2) is 4.79 Å². The zero-order valence-electron chi connectivity index (χ0n) is 12.1. The Hall–Kier alpha value is -2.15. The molecule has 0 aliphatic rings. The van der Waals surface area contributed by atoms with E-state index in [2.05, 4.69) is 10.4 Å². The predicted octanol–water partition coefficient (Wildman–Crippen LogP) is 2.60.